The van der Waals surface area contributed by atoms with Gasteiger partial charge in [-0.1, -0.05) is 0 Å². The highest BCUT2D eigenvalue weighted by molar-refractivity contribution is 14.1. The minimum atomic E-state index is 0.0580. The lowest BCUT2D eigenvalue weighted by atomic mass is 10.1. The number of rotatable bonds is 2. The molecule has 0 aliphatic heterocycles. The number of ketones is 1. The van der Waals surface area contributed by atoms with E-state index >= 15 is 0 Å². The Labute approximate surface area is 95.5 Å². The molecular weight excluding hydrogens is 289 g/mol. The second kappa shape index (κ2) is 3.96. The number of hydrogen-bond acceptors (Lipinski definition) is 1. The quantitative estimate of drug-likeness (QED) is 0.671. The summed E-state index contributed by atoms with van der Waals surface area (Å²) in [5.41, 5.74) is 1.43. The van der Waals surface area contributed by atoms with Crippen molar-refractivity contribution in [2.24, 2.45) is 0 Å². The highest BCUT2D eigenvalue weighted by Crippen LogP contribution is 2.11. The number of carbonyl (C=O) groups excluding carboxylic acids is 1. The van der Waals surface area contributed by atoms with Gasteiger partial charge in [0.15, 0.2) is 5.78 Å². The second-order valence-corrected chi connectivity index (χ2v) is 4.18. The number of nitrogens with one attached hydrogen (secondary N) is 1. The van der Waals surface area contributed by atoms with Crippen molar-refractivity contribution in [1.82, 2.24) is 4.98 Å². The zero-order valence-electron chi connectivity index (χ0n) is 7.33. The van der Waals surface area contributed by atoms with Crippen LogP contribution >= 0.6 is 22.6 Å². The van der Waals surface area contributed by atoms with E-state index in [1.165, 1.54) is 0 Å². The summed E-state index contributed by atoms with van der Waals surface area (Å²) in [4.78, 5) is 14.7. The first kappa shape index (κ1) is 9.45. The molecule has 0 aliphatic carbocycles. The van der Waals surface area contributed by atoms with Crippen LogP contribution in [0.5, 0.6) is 0 Å². The van der Waals surface area contributed by atoms with Crippen LogP contribution in [0.4, 0.5) is 0 Å². The summed E-state index contributed by atoms with van der Waals surface area (Å²) in [5, 5.41) is 0. The van der Waals surface area contributed by atoms with Crippen molar-refractivity contribution in [1.29, 1.82) is 0 Å². The maximum absolute atomic E-state index is 11.8. The van der Waals surface area contributed by atoms with E-state index in [4.69, 9.17) is 0 Å². The fourth-order valence-corrected chi connectivity index (χ4v) is 1.59. The molecule has 0 saturated carbocycles. The van der Waals surface area contributed by atoms with Gasteiger partial charge >= 0.3 is 0 Å². The SMILES string of the molecule is O=C(c1ccc(I)cc1)c1cc[nH]c1. The molecule has 14 heavy (non-hydrogen) atoms. The van der Waals surface area contributed by atoms with Crippen molar-refractivity contribution in [3.63, 3.8) is 0 Å². The first-order valence-electron chi connectivity index (χ1n) is 4.20. The molecule has 0 radical (unpaired) electrons. The standard InChI is InChI=1S/C11H8INO/c12-10-3-1-8(2-4-10)11(14)9-5-6-13-7-9/h1-7,13H. The Morgan fingerprint density at radius 1 is 1.07 bits per heavy atom. The third kappa shape index (κ3) is 1.87. The lowest BCUT2D eigenvalue weighted by Crippen LogP contribution is -1.98. The van der Waals surface area contributed by atoms with Gasteiger partial charge in [-0.25, -0.2) is 0 Å². The van der Waals surface area contributed by atoms with E-state index < -0.39 is 0 Å². The number of carbonyl (C=O) groups is 1. The van der Waals surface area contributed by atoms with E-state index in [0.29, 0.717) is 5.56 Å². The minimum Gasteiger partial charge on any atom is -0.367 e. The fourth-order valence-electron chi connectivity index (χ4n) is 1.23. The number of H-pyrrole nitrogens is 1. The second-order valence-electron chi connectivity index (χ2n) is 2.94. The molecule has 70 valence electrons. The van der Waals surface area contributed by atoms with Gasteiger partial charge in [-0.2, -0.15) is 0 Å². The number of hydrogen-bond donors (Lipinski definition) is 1. The van der Waals surface area contributed by atoms with Crippen LogP contribution in [0.25, 0.3) is 0 Å². The Morgan fingerprint density at radius 3 is 2.36 bits per heavy atom. The topological polar surface area (TPSA) is 32.9 Å². The van der Waals surface area contributed by atoms with E-state index in [2.05, 4.69) is 27.6 Å². The molecule has 3 heteroatoms. The molecule has 1 heterocycles. The molecule has 0 unspecified atom stereocenters. The molecule has 0 aliphatic rings. The molecule has 0 bridgehead atoms. The zero-order valence-corrected chi connectivity index (χ0v) is 9.49. The first-order valence-corrected chi connectivity index (χ1v) is 5.28. The summed E-state index contributed by atoms with van der Waals surface area (Å²) in [5.74, 6) is 0.0580. The summed E-state index contributed by atoms with van der Waals surface area (Å²) in [6.07, 6.45) is 3.46. The highest BCUT2D eigenvalue weighted by atomic mass is 127. The van der Waals surface area contributed by atoms with Crippen LogP contribution in [0, 0.1) is 3.57 Å². The smallest absolute Gasteiger partial charge is 0.194 e. The highest BCUT2D eigenvalue weighted by Gasteiger charge is 2.07. The van der Waals surface area contributed by atoms with Crippen molar-refractivity contribution in [2.75, 3.05) is 0 Å². The minimum absolute atomic E-state index is 0.0580. The van der Waals surface area contributed by atoms with Gasteiger partial charge in [-0.05, 0) is 52.9 Å². The maximum atomic E-state index is 11.8. The third-order valence-corrected chi connectivity index (χ3v) is 2.69. The van der Waals surface area contributed by atoms with Crippen LogP contribution in [-0.4, -0.2) is 10.8 Å². The molecule has 0 amide bonds. The summed E-state index contributed by atoms with van der Waals surface area (Å²) >= 11 is 2.22. The van der Waals surface area contributed by atoms with Gasteiger partial charge in [0.2, 0.25) is 0 Å². The van der Waals surface area contributed by atoms with Crippen LogP contribution in [0.2, 0.25) is 0 Å². The number of aromatic nitrogens is 1. The molecule has 0 spiro atoms. The van der Waals surface area contributed by atoms with Crippen molar-refractivity contribution in [2.45, 2.75) is 0 Å². The molecular formula is C11H8INO. The number of aromatic amines is 1. The van der Waals surface area contributed by atoms with Gasteiger partial charge in [-0.3, -0.25) is 4.79 Å². The van der Waals surface area contributed by atoms with Crippen molar-refractivity contribution < 1.29 is 4.79 Å². The van der Waals surface area contributed by atoms with Gasteiger partial charge in [0.1, 0.15) is 0 Å². The summed E-state index contributed by atoms with van der Waals surface area (Å²) in [6.45, 7) is 0. The normalized spacial score (nSPS) is 10.1. The molecule has 2 aromatic rings. The van der Waals surface area contributed by atoms with Crippen LogP contribution in [0.15, 0.2) is 42.7 Å². The predicted molar refractivity (Wildman–Crippen MR) is 63.4 cm³/mol. The van der Waals surface area contributed by atoms with Crippen molar-refractivity contribution >= 4 is 28.4 Å². The van der Waals surface area contributed by atoms with Gasteiger partial charge in [0.05, 0.1) is 0 Å². The van der Waals surface area contributed by atoms with Gasteiger partial charge in [0, 0.05) is 27.1 Å². The van der Waals surface area contributed by atoms with Crippen LogP contribution in [-0.2, 0) is 0 Å². The third-order valence-electron chi connectivity index (χ3n) is 1.97. The fraction of sp³-hybridized carbons (Fsp3) is 0. The number of benzene rings is 1. The van der Waals surface area contributed by atoms with Crippen LogP contribution in [0.1, 0.15) is 15.9 Å². The van der Waals surface area contributed by atoms with E-state index in [9.17, 15) is 4.79 Å². The van der Waals surface area contributed by atoms with E-state index in [1.54, 1.807) is 18.5 Å². The van der Waals surface area contributed by atoms with E-state index in [1.807, 2.05) is 24.3 Å². The largest absolute Gasteiger partial charge is 0.367 e. The lowest BCUT2D eigenvalue weighted by molar-refractivity contribution is 0.103. The monoisotopic (exact) mass is 297 g/mol. The molecule has 1 aromatic carbocycles. The van der Waals surface area contributed by atoms with Gasteiger partial charge < -0.3 is 4.98 Å². The molecule has 0 atom stereocenters. The first-order chi connectivity index (χ1) is 6.77. The maximum Gasteiger partial charge on any atom is 0.194 e. The van der Waals surface area contributed by atoms with Gasteiger partial charge in [0.25, 0.3) is 0 Å². The van der Waals surface area contributed by atoms with Crippen LogP contribution < -0.4 is 0 Å². The molecule has 1 N–H and O–H groups in total. The van der Waals surface area contributed by atoms with E-state index in [-0.39, 0.29) is 5.78 Å². The average molecular weight is 297 g/mol. The van der Waals surface area contributed by atoms with Crippen molar-refractivity contribution in [3.05, 3.63) is 57.4 Å². The Balaban J connectivity index is 2.33. The Bertz CT molecular complexity index is 431. The van der Waals surface area contributed by atoms with Crippen LogP contribution in [0.3, 0.4) is 0 Å². The summed E-state index contributed by atoms with van der Waals surface area (Å²) in [6, 6.07) is 9.33. The summed E-state index contributed by atoms with van der Waals surface area (Å²) < 4.78 is 1.13. The lowest BCUT2D eigenvalue weighted by Gasteiger charge is -1.97. The predicted octanol–water partition coefficient (Wildman–Crippen LogP) is 2.85. The van der Waals surface area contributed by atoms with Crippen molar-refractivity contribution in [3.8, 4) is 0 Å². The average Bonchev–Trinajstić information content (AvgIpc) is 2.71. The Hall–Kier alpha value is -1.10. The Morgan fingerprint density at radius 2 is 1.79 bits per heavy atom. The molecule has 0 saturated heterocycles. The summed E-state index contributed by atoms with van der Waals surface area (Å²) in [7, 11) is 0. The van der Waals surface area contributed by atoms with E-state index in [0.717, 1.165) is 9.13 Å². The van der Waals surface area contributed by atoms with Gasteiger partial charge in [-0.15, -0.1) is 0 Å². The molecule has 2 nitrogen and oxygen atoms in total. The Kier molecular flexibility index (Phi) is 2.67. The molecule has 0 fully saturated rings. The zero-order chi connectivity index (χ0) is 9.97. The number of halogens is 1. The molecule has 1 aromatic heterocycles. The molecule has 2 rings (SSSR count).